The standard InChI is InChI=1S/C13H14N4O2/c1-17(8-12(14)16-19)13(18)10-4-5-11-9(7-10)3-2-6-15-11/h2-7,19H,8H2,1H3,(H2,14,16). The minimum absolute atomic E-state index is 0.0155. The largest absolute Gasteiger partial charge is 0.409 e. The number of hydrogen-bond donors (Lipinski definition) is 2. The lowest BCUT2D eigenvalue weighted by atomic mass is 10.1. The summed E-state index contributed by atoms with van der Waals surface area (Å²) < 4.78 is 0. The number of likely N-dealkylation sites (N-methyl/N-ethyl adjacent to an activating group) is 1. The highest BCUT2D eigenvalue weighted by molar-refractivity contribution is 5.99. The highest BCUT2D eigenvalue weighted by Gasteiger charge is 2.13. The number of pyridine rings is 1. The van der Waals surface area contributed by atoms with Crippen molar-refractivity contribution >= 4 is 22.6 Å². The third kappa shape index (κ3) is 2.79. The summed E-state index contributed by atoms with van der Waals surface area (Å²) in [5.41, 5.74) is 6.74. The first kappa shape index (κ1) is 12.8. The first-order chi connectivity index (χ1) is 9.11. The SMILES string of the molecule is CN(CC(N)=NO)C(=O)c1ccc2ncccc2c1. The van der Waals surface area contributed by atoms with Gasteiger partial charge in [0.1, 0.15) is 0 Å². The van der Waals surface area contributed by atoms with Crippen molar-refractivity contribution in [3.8, 4) is 0 Å². The molecule has 2 aromatic rings. The molecule has 1 aromatic carbocycles. The Hall–Kier alpha value is -2.63. The molecule has 2 rings (SSSR count). The Labute approximate surface area is 110 Å². The molecule has 19 heavy (non-hydrogen) atoms. The molecular formula is C13H14N4O2. The highest BCUT2D eigenvalue weighted by atomic mass is 16.4. The van der Waals surface area contributed by atoms with Gasteiger partial charge < -0.3 is 15.8 Å². The minimum atomic E-state index is -0.197. The van der Waals surface area contributed by atoms with Crippen LogP contribution in [0, 0.1) is 0 Å². The molecule has 0 atom stereocenters. The van der Waals surface area contributed by atoms with Crippen LogP contribution in [0.5, 0.6) is 0 Å². The fourth-order valence-electron chi connectivity index (χ4n) is 1.78. The van der Waals surface area contributed by atoms with Gasteiger partial charge in [0.15, 0.2) is 5.84 Å². The minimum Gasteiger partial charge on any atom is -0.409 e. The quantitative estimate of drug-likeness (QED) is 0.372. The van der Waals surface area contributed by atoms with Crippen molar-refractivity contribution in [3.05, 3.63) is 42.1 Å². The van der Waals surface area contributed by atoms with Gasteiger partial charge in [0, 0.05) is 24.2 Å². The van der Waals surface area contributed by atoms with Gasteiger partial charge in [-0.3, -0.25) is 9.78 Å². The molecule has 1 heterocycles. The predicted octanol–water partition coefficient (Wildman–Crippen LogP) is 1.05. The molecule has 0 saturated heterocycles. The van der Waals surface area contributed by atoms with Gasteiger partial charge in [-0.25, -0.2) is 0 Å². The number of aromatic nitrogens is 1. The van der Waals surface area contributed by atoms with Crippen LogP contribution in [0.25, 0.3) is 10.9 Å². The number of nitrogens with two attached hydrogens (primary N) is 1. The zero-order valence-electron chi connectivity index (χ0n) is 10.4. The smallest absolute Gasteiger partial charge is 0.254 e. The van der Waals surface area contributed by atoms with Gasteiger partial charge in [-0.2, -0.15) is 0 Å². The highest BCUT2D eigenvalue weighted by Crippen LogP contribution is 2.14. The third-order valence-electron chi connectivity index (χ3n) is 2.72. The molecule has 0 fully saturated rings. The zero-order valence-corrected chi connectivity index (χ0v) is 10.4. The van der Waals surface area contributed by atoms with Crippen LogP contribution in [0.1, 0.15) is 10.4 Å². The summed E-state index contributed by atoms with van der Waals surface area (Å²) in [5, 5.41) is 12.2. The summed E-state index contributed by atoms with van der Waals surface area (Å²) in [6.45, 7) is 0.0699. The van der Waals surface area contributed by atoms with Crippen molar-refractivity contribution in [2.24, 2.45) is 10.9 Å². The zero-order chi connectivity index (χ0) is 13.8. The molecule has 6 nitrogen and oxygen atoms in total. The number of amides is 1. The van der Waals surface area contributed by atoms with E-state index in [9.17, 15) is 4.79 Å². The van der Waals surface area contributed by atoms with Gasteiger partial charge >= 0.3 is 0 Å². The Morgan fingerprint density at radius 1 is 1.47 bits per heavy atom. The average Bonchev–Trinajstić information content (AvgIpc) is 2.45. The van der Waals surface area contributed by atoms with E-state index in [-0.39, 0.29) is 18.3 Å². The summed E-state index contributed by atoms with van der Waals surface area (Å²) in [6.07, 6.45) is 1.70. The number of oxime groups is 1. The number of benzene rings is 1. The van der Waals surface area contributed by atoms with E-state index >= 15 is 0 Å². The Bertz CT molecular complexity index is 639. The van der Waals surface area contributed by atoms with Crippen LogP contribution < -0.4 is 5.73 Å². The predicted molar refractivity (Wildman–Crippen MR) is 72.1 cm³/mol. The Morgan fingerprint density at radius 3 is 3.00 bits per heavy atom. The lowest BCUT2D eigenvalue weighted by molar-refractivity contribution is 0.0814. The number of rotatable bonds is 3. The maximum atomic E-state index is 12.2. The normalized spacial score (nSPS) is 11.5. The van der Waals surface area contributed by atoms with E-state index in [2.05, 4.69) is 10.1 Å². The topological polar surface area (TPSA) is 91.8 Å². The molecule has 0 saturated carbocycles. The van der Waals surface area contributed by atoms with E-state index < -0.39 is 0 Å². The molecular weight excluding hydrogens is 244 g/mol. The van der Waals surface area contributed by atoms with Crippen LogP contribution in [0.3, 0.4) is 0 Å². The molecule has 0 aliphatic carbocycles. The molecule has 1 aromatic heterocycles. The molecule has 0 aliphatic rings. The first-order valence-electron chi connectivity index (χ1n) is 5.68. The van der Waals surface area contributed by atoms with Gasteiger partial charge in [-0.15, -0.1) is 0 Å². The first-order valence-corrected chi connectivity index (χ1v) is 5.68. The number of amidine groups is 1. The Kier molecular flexibility index (Phi) is 3.61. The van der Waals surface area contributed by atoms with Crippen LogP contribution in [0.2, 0.25) is 0 Å². The molecule has 0 aliphatic heterocycles. The second-order valence-corrected chi connectivity index (χ2v) is 4.16. The van der Waals surface area contributed by atoms with Crippen molar-refractivity contribution in [2.45, 2.75) is 0 Å². The molecule has 0 spiro atoms. The fraction of sp³-hybridized carbons (Fsp3) is 0.154. The van der Waals surface area contributed by atoms with Gasteiger partial charge in [0.25, 0.3) is 5.91 Å². The van der Waals surface area contributed by atoms with Gasteiger partial charge in [0.2, 0.25) is 0 Å². The molecule has 1 amide bonds. The molecule has 0 bridgehead atoms. The van der Waals surface area contributed by atoms with E-state index in [0.717, 1.165) is 10.9 Å². The number of fused-ring (bicyclic) bond motifs is 1. The maximum absolute atomic E-state index is 12.2. The van der Waals surface area contributed by atoms with Crippen molar-refractivity contribution in [3.63, 3.8) is 0 Å². The molecule has 0 radical (unpaired) electrons. The monoisotopic (exact) mass is 258 g/mol. The van der Waals surface area contributed by atoms with Crippen molar-refractivity contribution in [1.29, 1.82) is 0 Å². The summed E-state index contributed by atoms with van der Waals surface area (Å²) in [5.74, 6) is -0.212. The summed E-state index contributed by atoms with van der Waals surface area (Å²) >= 11 is 0. The molecule has 6 heteroatoms. The lowest BCUT2D eigenvalue weighted by Crippen LogP contribution is -2.35. The van der Waals surface area contributed by atoms with E-state index in [1.165, 1.54) is 4.90 Å². The number of hydrogen-bond acceptors (Lipinski definition) is 4. The number of carbonyl (C=O) groups is 1. The van der Waals surface area contributed by atoms with Crippen LogP contribution in [0.15, 0.2) is 41.7 Å². The molecule has 3 N–H and O–H groups in total. The van der Waals surface area contributed by atoms with Gasteiger partial charge in [0.05, 0.1) is 12.1 Å². The maximum Gasteiger partial charge on any atom is 0.254 e. The van der Waals surface area contributed by atoms with E-state index in [4.69, 9.17) is 10.9 Å². The van der Waals surface area contributed by atoms with Crippen molar-refractivity contribution < 1.29 is 10.0 Å². The summed E-state index contributed by atoms with van der Waals surface area (Å²) in [7, 11) is 1.59. The van der Waals surface area contributed by atoms with Crippen LogP contribution in [0.4, 0.5) is 0 Å². The van der Waals surface area contributed by atoms with Crippen molar-refractivity contribution in [1.82, 2.24) is 9.88 Å². The van der Waals surface area contributed by atoms with E-state index in [0.29, 0.717) is 5.56 Å². The van der Waals surface area contributed by atoms with Crippen LogP contribution in [-0.2, 0) is 0 Å². The third-order valence-corrected chi connectivity index (χ3v) is 2.72. The summed E-state index contributed by atoms with van der Waals surface area (Å²) in [6, 6.07) is 8.98. The molecule has 98 valence electrons. The lowest BCUT2D eigenvalue weighted by Gasteiger charge is -2.16. The Morgan fingerprint density at radius 2 is 2.26 bits per heavy atom. The number of nitrogens with zero attached hydrogens (tertiary/aromatic N) is 3. The van der Waals surface area contributed by atoms with E-state index in [1.54, 1.807) is 31.4 Å². The summed E-state index contributed by atoms with van der Waals surface area (Å²) in [4.78, 5) is 17.7. The second-order valence-electron chi connectivity index (χ2n) is 4.16. The van der Waals surface area contributed by atoms with Gasteiger partial charge in [-0.05, 0) is 24.3 Å². The second kappa shape index (κ2) is 5.34. The van der Waals surface area contributed by atoms with Crippen LogP contribution >= 0.6 is 0 Å². The van der Waals surface area contributed by atoms with Crippen LogP contribution in [-0.4, -0.2) is 40.4 Å². The average molecular weight is 258 g/mol. The van der Waals surface area contributed by atoms with E-state index in [1.807, 2.05) is 12.1 Å². The van der Waals surface area contributed by atoms with Gasteiger partial charge in [-0.1, -0.05) is 11.2 Å². The number of carbonyl (C=O) groups excluding carboxylic acids is 1. The van der Waals surface area contributed by atoms with Crippen molar-refractivity contribution in [2.75, 3.05) is 13.6 Å². The fourth-order valence-corrected chi connectivity index (χ4v) is 1.78. The molecule has 0 unspecified atom stereocenters. The Balaban J connectivity index is 2.26.